The number of benzene rings is 2. The number of nitrogens with zero attached hydrogens (tertiary/aromatic N) is 1. The van der Waals surface area contributed by atoms with Crippen molar-refractivity contribution in [2.45, 2.75) is 0 Å². The molecular formula is C16H11ClN2OS. The number of nitrogens with one attached hydrogen (secondary N) is 1. The van der Waals surface area contributed by atoms with E-state index in [1.54, 1.807) is 12.1 Å². The Morgan fingerprint density at radius 1 is 1.05 bits per heavy atom. The molecule has 1 fully saturated rings. The number of para-hydroxylation sites is 1. The third kappa shape index (κ3) is 3.54. The Hall–Kier alpha value is -2.04. The van der Waals surface area contributed by atoms with Crippen LogP contribution in [-0.4, -0.2) is 11.1 Å². The van der Waals surface area contributed by atoms with Crippen LogP contribution in [0.5, 0.6) is 0 Å². The van der Waals surface area contributed by atoms with Crippen molar-refractivity contribution in [3.05, 3.63) is 70.1 Å². The molecule has 1 amide bonds. The zero-order valence-corrected chi connectivity index (χ0v) is 12.5. The molecule has 0 unspecified atom stereocenters. The smallest absolute Gasteiger partial charge is 0.264 e. The summed E-state index contributed by atoms with van der Waals surface area (Å²) in [5.74, 6) is -0.135. The molecule has 0 radical (unpaired) electrons. The van der Waals surface area contributed by atoms with Crippen molar-refractivity contribution in [1.82, 2.24) is 5.32 Å². The largest absolute Gasteiger partial charge is 0.300 e. The number of hydrogen-bond acceptors (Lipinski definition) is 3. The maximum atomic E-state index is 11.9. The van der Waals surface area contributed by atoms with Crippen LogP contribution in [0.4, 0.5) is 5.69 Å². The van der Waals surface area contributed by atoms with Crippen LogP contribution in [0.2, 0.25) is 5.02 Å². The third-order valence-electron chi connectivity index (χ3n) is 2.81. The van der Waals surface area contributed by atoms with Crippen molar-refractivity contribution < 1.29 is 4.79 Å². The van der Waals surface area contributed by atoms with E-state index in [2.05, 4.69) is 10.3 Å². The lowest BCUT2D eigenvalue weighted by molar-refractivity contribution is -0.115. The molecule has 1 saturated heterocycles. The van der Waals surface area contributed by atoms with Crippen molar-refractivity contribution >= 4 is 46.2 Å². The van der Waals surface area contributed by atoms with Crippen molar-refractivity contribution in [2.75, 3.05) is 0 Å². The number of rotatable bonds is 2. The van der Waals surface area contributed by atoms with E-state index in [1.807, 2.05) is 48.5 Å². The minimum Gasteiger partial charge on any atom is -0.300 e. The molecule has 21 heavy (non-hydrogen) atoms. The summed E-state index contributed by atoms with van der Waals surface area (Å²) >= 11 is 7.18. The van der Waals surface area contributed by atoms with E-state index < -0.39 is 0 Å². The van der Waals surface area contributed by atoms with Gasteiger partial charge in [0, 0.05) is 5.02 Å². The van der Waals surface area contributed by atoms with E-state index in [0.717, 1.165) is 11.3 Å². The molecule has 2 aromatic carbocycles. The van der Waals surface area contributed by atoms with Gasteiger partial charge in [0.15, 0.2) is 5.17 Å². The molecule has 0 atom stereocenters. The van der Waals surface area contributed by atoms with Crippen LogP contribution < -0.4 is 5.32 Å². The van der Waals surface area contributed by atoms with Crippen LogP contribution in [0, 0.1) is 0 Å². The van der Waals surface area contributed by atoms with E-state index in [0.29, 0.717) is 15.1 Å². The Bertz CT molecular complexity index is 724. The highest BCUT2D eigenvalue weighted by Crippen LogP contribution is 2.28. The quantitative estimate of drug-likeness (QED) is 0.843. The second-order valence-corrected chi connectivity index (χ2v) is 5.84. The molecule has 3 rings (SSSR count). The van der Waals surface area contributed by atoms with Gasteiger partial charge in [0.25, 0.3) is 5.91 Å². The Labute approximate surface area is 131 Å². The summed E-state index contributed by atoms with van der Waals surface area (Å²) in [6.45, 7) is 0. The first-order valence-electron chi connectivity index (χ1n) is 6.31. The fourth-order valence-electron chi connectivity index (χ4n) is 1.81. The number of halogens is 1. The Kier molecular flexibility index (Phi) is 4.08. The van der Waals surface area contributed by atoms with Gasteiger partial charge in [0.2, 0.25) is 0 Å². The Balaban J connectivity index is 1.82. The third-order valence-corrected chi connectivity index (χ3v) is 3.97. The van der Waals surface area contributed by atoms with E-state index in [4.69, 9.17) is 11.6 Å². The van der Waals surface area contributed by atoms with Gasteiger partial charge in [-0.15, -0.1) is 0 Å². The summed E-state index contributed by atoms with van der Waals surface area (Å²) in [6.07, 6.45) is 1.82. The molecule has 1 aliphatic heterocycles. The first-order chi connectivity index (χ1) is 10.2. The number of carbonyl (C=O) groups is 1. The number of amides is 1. The van der Waals surface area contributed by atoms with Crippen molar-refractivity contribution in [1.29, 1.82) is 0 Å². The average Bonchev–Trinajstić information content (AvgIpc) is 2.82. The number of amidine groups is 1. The van der Waals surface area contributed by atoms with E-state index >= 15 is 0 Å². The van der Waals surface area contributed by atoms with Gasteiger partial charge >= 0.3 is 0 Å². The molecule has 5 heteroatoms. The number of carbonyl (C=O) groups excluding carboxylic acids is 1. The highest BCUT2D eigenvalue weighted by Gasteiger charge is 2.23. The summed E-state index contributed by atoms with van der Waals surface area (Å²) in [5, 5.41) is 4.03. The average molecular weight is 315 g/mol. The Morgan fingerprint density at radius 2 is 1.76 bits per heavy atom. The van der Waals surface area contributed by atoms with Crippen molar-refractivity contribution in [3.8, 4) is 0 Å². The molecule has 0 aliphatic carbocycles. The summed E-state index contributed by atoms with van der Waals surface area (Å²) in [6, 6.07) is 16.9. The maximum absolute atomic E-state index is 11.9. The lowest BCUT2D eigenvalue weighted by Gasteiger charge is -1.95. The molecule has 0 bridgehead atoms. The molecule has 3 nitrogen and oxygen atoms in total. The van der Waals surface area contributed by atoms with Gasteiger partial charge in [-0.2, -0.15) is 0 Å². The summed E-state index contributed by atoms with van der Waals surface area (Å²) in [5.41, 5.74) is 1.74. The van der Waals surface area contributed by atoms with Gasteiger partial charge in [0.05, 0.1) is 10.6 Å². The van der Waals surface area contributed by atoms with Crippen LogP contribution in [0.1, 0.15) is 5.56 Å². The summed E-state index contributed by atoms with van der Waals surface area (Å²) < 4.78 is 0. The van der Waals surface area contributed by atoms with Crippen LogP contribution in [0.25, 0.3) is 6.08 Å². The molecule has 1 heterocycles. The zero-order valence-electron chi connectivity index (χ0n) is 10.9. The molecule has 0 saturated carbocycles. The summed E-state index contributed by atoms with van der Waals surface area (Å²) in [7, 11) is 0. The van der Waals surface area contributed by atoms with E-state index in [9.17, 15) is 4.79 Å². The maximum Gasteiger partial charge on any atom is 0.264 e. The lowest BCUT2D eigenvalue weighted by atomic mass is 10.2. The second kappa shape index (κ2) is 6.16. The molecule has 104 valence electrons. The fourth-order valence-corrected chi connectivity index (χ4v) is 2.78. The van der Waals surface area contributed by atoms with Gasteiger partial charge in [-0.3, -0.25) is 4.79 Å². The molecule has 0 spiro atoms. The first kappa shape index (κ1) is 13.9. The number of thioether (sulfide) groups is 1. The second-order valence-electron chi connectivity index (χ2n) is 4.37. The monoisotopic (exact) mass is 314 g/mol. The van der Waals surface area contributed by atoms with Gasteiger partial charge in [-0.05, 0) is 47.7 Å². The van der Waals surface area contributed by atoms with Crippen LogP contribution in [-0.2, 0) is 4.79 Å². The predicted molar refractivity (Wildman–Crippen MR) is 88.7 cm³/mol. The van der Waals surface area contributed by atoms with Gasteiger partial charge in [-0.1, -0.05) is 41.9 Å². The standard InChI is InChI=1S/C16H11ClN2OS/c17-12-8-6-11(7-9-12)10-14-15(20)19-16(21-14)18-13-4-2-1-3-5-13/h1-10H,(H,18,19,20). The van der Waals surface area contributed by atoms with E-state index in [1.165, 1.54) is 11.8 Å². The highest BCUT2D eigenvalue weighted by molar-refractivity contribution is 8.18. The minimum absolute atomic E-state index is 0.135. The Morgan fingerprint density at radius 3 is 2.48 bits per heavy atom. The van der Waals surface area contributed by atoms with Gasteiger partial charge in [0.1, 0.15) is 0 Å². The number of aliphatic imine (C=N–C) groups is 1. The minimum atomic E-state index is -0.135. The van der Waals surface area contributed by atoms with E-state index in [-0.39, 0.29) is 5.91 Å². The molecule has 0 aromatic heterocycles. The van der Waals surface area contributed by atoms with Crippen LogP contribution in [0.15, 0.2) is 64.5 Å². The molecule has 2 aromatic rings. The zero-order chi connectivity index (χ0) is 14.7. The topological polar surface area (TPSA) is 41.5 Å². The van der Waals surface area contributed by atoms with Gasteiger partial charge < -0.3 is 5.32 Å². The normalized spacial score (nSPS) is 18.2. The van der Waals surface area contributed by atoms with Crippen molar-refractivity contribution in [2.24, 2.45) is 4.99 Å². The first-order valence-corrected chi connectivity index (χ1v) is 7.50. The molecular weight excluding hydrogens is 304 g/mol. The van der Waals surface area contributed by atoms with Crippen molar-refractivity contribution in [3.63, 3.8) is 0 Å². The van der Waals surface area contributed by atoms with Crippen LogP contribution in [0.3, 0.4) is 0 Å². The summed E-state index contributed by atoms with van der Waals surface area (Å²) in [4.78, 5) is 17.0. The highest BCUT2D eigenvalue weighted by atomic mass is 35.5. The van der Waals surface area contributed by atoms with Gasteiger partial charge in [-0.25, -0.2) is 4.99 Å². The lowest BCUT2D eigenvalue weighted by Crippen LogP contribution is -2.19. The molecule has 1 aliphatic rings. The predicted octanol–water partition coefficient (Wildman–Crippen LogP) is 4.23. The fraction of sp³-hybridized carbons (Fsp3) is 0. The van der Waals surface area contributed by atoms with Crippen LogP contribution >= 0.6 is 23.4 Å². The molecule has 1 N–H and O–H groups in total. The SMILES string of the molecule is O=C1NC(=Nc2ccccc2)SC1=Cc1ccc(Cl)cc1. The number of hydrogen-bond donors (Lipinski definition) is 1.